The smallest absolute Gasteiger partial charge is 0.323 e. The first kappa shape index (κ1) is 14.8. The van der Waals surface area contributed by atoms with E-state index < -0.39 is 5.97 Å². The molecule has 0 aromatic rings. The molecular weight excluding hydrogens is 236 g/mol. The number of carbonyl (C=O) groups is 2. The lowest BCUT2D eigenvalue weighted by atomic mass is 10.2. The van der Waals surface area contributed by atoms with Crippen molar-refractivity contribution >= 4 is 12.0 Å². The molecule has 0 spiro atoms. The molecule has 0 aromatic carbocycles. The summed E-state index contributed by atoms with van der Waals surface area (Å²) in [6.07, 6.45) is 0. The van der Waals surface area contributed by atoms with Crippen LogP contribution in [0.25, 0.3) is 0 Å². The number of carboxylic acid groups (broad SMARTS) is 1. The van der Waals surface area contributed by atoms with Gasteiger partial charge in [-0.15, -0.1) is 0 Å². The highest BCUT2D eigenvalue weighted by Crippen LogP contribution is 2.11. The highest BCUT2D eigenvalue weighted by atomic mass is 16.5. The van der Waals surface area contributed by atoms with Gasteiger partial charge in [0.1, 0.15) is 6.54 Å². The van der Waals surface area contributed by atoms with E-state index >= 15 is 0 Å². The SMILES string of the molecule is CC(C)CN(CC(=O)O)C(=O)N1CCOCC1C. The summed E-state index contributed by atoms with van der Waals surface area (Å²) < 4.78 is 5.28. The van der Waals surface area contributed by atoms with Gasteiger partial charge in [-0.1, -0.05) is 13.8 Å². The van der Waals surface area contributed by atoms with Crippen LogP contribution in [0.2, 0.25) is 0 Å². The molecule has 0 aromatic heterocycles. The molecule has 6 heteroatoms. The Kier molecular flexibility index (Phi) is 5.40. The maximum atomic E-state index is 12.3. The van der Waals surface area contributed by atoms with E-state index in [4.69, 9.17) is 9.84 Å². The van der Waals surface area contributed by atoms with Gasteiger partial charge in [0, 0.05) is 13.1 Å². The van der Waals surface area contributed by atoms with E-state index in [2.05, 4.69) is 0 Å². The predicted octanol–water partition coefficient (Wildman–Crippen LogP) is 0.870. The van der Waals surface area contributed by atoms with Crippen molar-refractivity contribution in [2.24, 2.45) is 5.92 Å². The number of aliphatic carboxylic acids is 1. The van der Waals surface area contributed by atoms with Crippen molar-refractivity contribution < 1.29 is 19.4 Å². The summed E-state index contributed by atoms with van der Waals surface area (Å²) in [5, 5.41) is 8.87. The zero-order valence-electron chi connectivity index (χ0n) is 11.3. The molecule has 18 heavy (non-hydrogen) atoms. The third-order valence-corrected chi connectivity index (χ3v) is 2.80. The van der Waals surface area contributed by atoms with Crippen LogP contribution in [0, 0.1) is 5.92 Å². The van der Waals surface area contributed by atoms with E-state index in [-0.39, 0.29) is 24.5 Å². The van der Waals surface area contributed by atoms with Gasteiger partial charge in [0.15, 0.2) is 0 Å². The van der Waals surface area contributed by atoms with Gasteiger partial charge in [0.25, 0.3) is 0 Å². The van der Waals surface area contributed by atoms with E-state index in [9.17, 15) is 9.59 Å². The van der Waals surface area contributed by atoms with Crippen molar-refractivity contribution in [2.45, 2.75) is 26.8 Å². The standard InChI is InChI=1S/C12H22N2O4/c1-9(2)6-13(7-11(15)16)12(17)14-4-5-18-8-10(14)3/h9-10H,4-8H2,1-3H3,(H,15,16). The normalized spacial score (nSPS) is 20.0. The molecular formula is C12H22N2O4. The van der Waals surface area contributed by atoms with E-state index in [1.165, 1.54) is 4.90 Å². The zero-order valence-corrected chi connectivity index (χ0v) is 11.3. The third-order valence-electron chi connectivity index (χ3n) is 2.80. The molecule has 0 bridgehead atoms. The summed E-state index contributed by atoms with van der Waals surface area (Å²) in [7, 11) is 0. The van der Waals surface area contributed by atoms with Gasteiger partial charge in [-0.3, -0.25) is 4.79 Å². The van der Waals surface area contributed by atoms with Crippen molar-refractivity contribution in [2.75, 3.05) is 32.8 Å². The number of carboxylic acids is 1. The molecule has 2 amide bonds. The molecule has 0 radical (unpaired) electrons. The van der Waals surface area contributed by atoms with Crippen LogP contribution in [0.1, 0.15) is 20.8 Å². The Balaban J connectivity index is 2.70. The minimum absolute atomic E-state index is 0.00490. The van der Waals surface area contributed by atoms with Crippen LogP contribution in [0.5, 0.6) is 0 Å². The van der Waals surface area contributed by atoms with E-state index in [0.717, 1.165) is 0 Å². The van der Waals surface area contributed by atoms with Crippen LogP contribution >= 0.6 is 0 Å². The topological polar surface area (TPSA) is 70.1 Å². The van der Waals surface area contributed by atoms with Gasteiger partial charge >= 0.3 is 12.0 Å². The molecule has 1 atom stereocenters. The third kappa shape index (κ3) is 4.18. The zero-order chi connectivity index (χ0) is 13.7. The largest absolute Gasteiger partial charge is 0.480 e. The first-order chi connectivity index (χ1) is 8.41. The van der Waals surface area contributed by atoms with E-state index in [1.54, 1.807) is 4.90 Å². The molecule has 0 saturated carbocycles. The van der Waals surface area contributed by atoms with Gasteiger partial charge < -0.3 is 19.6 Å². The Labute approximate surface area is 107 Å². The second kappa shape index (κ2) is 6.58. The van der Waals surface area contributed by atoms with Crippen molar-refractivity contribution in [1.29, 1.82) is 0 Å². The van der Waals surface area contributed by atoms with Gasteiger partial charge in [-0.05, 0) is 12.8 Å². The number of hydrogen-bond donors (Lipinski definition) is 1. The lowest BCUT2D eigenvalue weighted by molar-refractivity contribution is -0.138. The van der Waals surface area contributed by atoms with Crippen molar-refractivity contribution in [1.82, 2.24) is 9.80 Å². The van der Waals surface area contributed by atoms with Gasteiger partial charge in [0.2, 0.25) is 0 Å². The number of ether oxygens (including phenoxy) is 1. The Morgan fingerprint density at radius 3 is 2.67 bits per heavy atom. The second-order valence-corrected chi connectivity index (χ2v) is 5.07. The summed E-state index contributed by atoms with van der Waals surface area (Å²) in [4.78, 5) is 26.2. The molecule has 1 aliphatic heterocycles. The summed E-state index contributed by atoms with van der Waals surface area (Å²) in [5.74, 6) is -0.741. The Hall–Kier alpha value is -1.30. The molecule has 1 heterocycles. The first-order valence-corrected chi connectivity index (χ1v) is 6.27. The maximum Gasteiger partial charge on any atom is 0.323 e. The summed E-state index contributed by atoms with van der Waals surface area (Å²) in [6.45, 7) is 7.58. The molecule has 1 saturated heterocycles. The maximum absolute atomic E-state index is 12.3. The number of rotatable bonds is 4. The number of hydrogen-bond acceptors (Lipinski definition) is 3. The molecule has 1 aliphatic rings. The molecule has 1 rings (SSSR count). The first-order valence-electron chi connectivity index (χ1n) is 6.27. The summed E-state index contributed by atoms with van der Waals surface area (Å²) >= 11 is 0. The molecule has 1 N–H and O–H groups in total. The second-order valence-electron chi connectivity index (χ2n) is 5.07. The van der Waals surface area contributed by atoms with Crippen LogP contribution in [0.3, 0.4) is 0 Å². The average molecular weight is 258 g/mol. The minimum atomic E-state index is -0.982. The monoisotopic (exact) mass is 258 g/mol. The molecule has 1 fully saturated rings. The van der Waals surface area contributed by atoms with Crippen molar-refractivity contribution in [3.8, 4) is 0 Å². The highest BCUT2D eigenvalue weighted by molar-refractivity contribution is 5.80. The number of nitrogens with zero attached hydrogens (tertiary/aromatic N) is 2. The summed E-state index contributed by atoms with van der Waals surface area (Å²) in [6, 6.07) is -0.211. The van der Waals surface area contributed by atoms with Crippen molar-refractivity contribution in [3.05, 3.63) is 0 Å². The van der Waals surface area contributed by atoms with Crippen LogP contribution in [0.15, 0.2) is 0 Å². The minimum Gasteiger partial charge on any atom is -0.480 e. The predicted molar refractivity (Wildman–Crippen MR) is 66.4 cm³/mol. The number of amides is 2. The molecule has 6 nitrogen and oxygen atoms in total. The summed E-state index contributed by atoms with van der Waals surface area (Å²) in [5.41, 5.74) is 0. The van der Waals surface area contributed by atoms with Gasteiger partial charge in [0.05, 0.1) is 19.3 Å². The van der Waals surface area contributed by atoms with Gasteiger partial charge in [-0.25, -0.2) is 4.79 Å². The van der Waals surface area contributed by atoms with E-state index in [0.29, 0.717) is 26.3 Å². The van der Waals surface area contributed by atoms with E-state index in [1.807, 2.05) is 20.8 Å². The fraction of sp³-hybridized carbons (Fsp3) is 0.833. The number of morpholine rings is 1. The number of carbonyl (C=O) groups excluding carboxylic acids is 1. The van der Waals surface area contributed by atoms with Crippen LogP contribution in [-0.2, 0) is 9.53 Å². The lowest BCUT2D eigenvalue weighted by Gasteiger charge is -2.37. The lowest BCUT2D eigenvalue weighted by Crippen LogP contribution is -2.54. The van der Waals surface area contributed by atoms with Gasteiger partial charge in [-0.2, -0.15) is 0 Å². The molecule has 0 aliphatic carbocycles. The molecule has 1 unspecified atom stereocenters. The molecule has 104 valence electrons. The number of urea groups is 1. The highest BCUT2D eigenvalue weighted by Gasteiger charge is 2.29. The average Bonchev–Trinajstić information content (AvgIpc) is 2.26. The fourth-order valence-corrected chi connectivity index (χ4v) is 2.01. The van der Waals surface area contributed by atoms with Crippen LogP contribution in [-0.4, -0.2) is 65.8 Å². The van der Waals surface area contributed by atoms with Crippen LogP contribution < -0.4 is 0 Å². The van der Waals surface area contributed by atoms with Crippen LogP contribution in [0.4, 0.5) is 4.79 Å². The fourth-order valence-electron chi connectivity index (χ4n) is 2.01. The quantitative estimate of drug-likeness (QED) is 0.812. The van der Waals surface area contributed by atoms with Crippen molar-refractivity contribution in [3.63, 3.8) is 0 Å². The Bertz CT molecular complexity index is 306. The Morgan fingerprint density at radius 1 is 1.50 bits per heavy atom. The Morgan fingerprint density at radius 2 is 2.17 bits per heavy atom.